The number of nitrogens with zero attached hydrogens (tertiary/aromatic N) is 1. The Morgan fingerprint density at radius 3 is 2.65 bits per heavy atom. The summed E-state index contributed by atoms with van der Waals surface area (Å²) in [6, 6.07) is 5.91. The second-order valence-corrected chi connectivity index (χ2v) is 5.30. The van der Waals surface area contributed by atoms with Gasteiger partial charge in [-0.2, -0.15) is 0 Å². The number of hydrogen-bond donors (Lipinski definition) is 2. The van der Waals surface area contributed by atoms with Gasteiger partial charge < -0.3 is 20.1 Å². The lowest BCUT2D eigenvalue weighted by Gasteiger charge is -2.13. The van der Waals surface area contributed by atoms with Crippen molar-refractivity contribution in [1.82, 2.24) is 5.32 Å². The quantitative estimate of drug-likeness (QED) is 0.308. The molecule has 0 aliphatic carbocycles. The first kappa shape index (κ1) is 19.9. The molecule has 23 heavy (non-hydrogen) atoms. The number of fused-ring (bicyclic) bond motifs is 1. The van der Waals surface area contributed by atoms with Crippen LogP contribution in [-0.4, -0.2) is 32.3 Å². The van der Waals surface area contributed by atoms with Crippen molar-refractivity contribution in [2.75, 3.05) is 31.6 Å². The lowest BCUT2D eigenvalue weighted by molar-refractivity contribution is 0.297. The van der Waals surface area contributed by atoms with E-state index in [-0.39, 0.29) is 24.0 Å². The van der Waals surface area contributed by atoms with Crippen LogP contribution in [0.15, 0.2) is 23.2 Å². The number of aliphatic imine (C=N–C) groups is 1. The monoisotopic (exact) mass is 433 g/mol. The summed E-state index contributed by atoms with van der Waals surface area (Å²) in [6.45, 7) is 7.35. The fraction of sp³-hybridized carbons (Fsp3) is 0.588. The van der Waals surface area contributed by atoms with Crippen LogP contribution in [0, 0.1) is 0 Å². The Labute approximate surface area is 156 Å². The molecule has 6 heteroatoms. The molecule has 0 radical (unpaired) electrons. The van der Waals surface area contributed by atoms with Crippen molar-refractivity contribution >= 4 is 35.6 Å². The van der Waals surface area contributed by atoms with Gasteiger partial charge in [-0.25, -0.2) is 0 Å². The second-order valence-electron chi connectivity index (χ2n) is 5.30. The van der Waals surface area contributed by atoms with Crippen molar-refractivity contribution in [2.45, 2.75) is 39.5 Å². The number of guanidine groups is 1. The lowest BCUT2D eigenvalue weighted by atomic mass is 10.2. The summed E-state index contributed by atoms with van der Waals surface area (Å²) in [4.78, 5) is 4.60. The van der Waals surface area contributed by atoms with Crippen molar-refractivity contribution in [3.8, 4) is 11.5 Å². The van der Waals surface area contributed by atoms with Gasteiger partial charge in [-0.15, -0.1) is 24.0 Å². The molecule has 1 aromatic carbocycles. The van der Waals surface area contributed by atoms with Crippen molar-refractivity contribution in [3.05, 3.63) is 18.2 Å². The minimum absolute atomic E-state index is 0. The maximum Gasteiger partial charge on any atom is 0.195 e. The van der Waals surface area contributed by atoms with Gasteiger partial charge in [0, 0.05) is 31.3 Å². The zero-order valence-corrected chi connectivity index (χ0v) is 16.4. The fourth-order valence-corrected chi connectivity index (χ4v) is 2.24. The number of halogens is 1. The summed E-state index contributed by atoms with van der Waals surface area (Å²) in [5, 5.41) is 6.60. The van der Waals surface area contributed by atoms with Crippen LogP contribution in [0.3, 0.4) is 0 Å². The van der Waals surface area contributed by atoms with E-state index in [2.05, 4.69) is 29.5 Å². The van der Waals surface area contributed by atoms with E-state index in [1.54, 1.807) is 0 Å². The first-order valence-electron chi connectivity index (χ1n) is 8.28. The molecule has 0 saturated heterocycles. The number of rotatable bonds is 6. The molecule has 0 bridgehead atoms. The van der Waals surface area contributed by atoms with Gasteiger partial charge in [-0.3, -0.25) is 4.99 Å². The lowest BCUT2D eigenvalue weighted by Crippen LogP contribution is -2.30. The SMILES string of the molecule is CCCCCN=C(NCC)Nc1ccc2c(c1)OCCCO2.I. The highest BCUT2D eigenvalue weighted by atomic mass is 127. The Hall–Kier alpha value is -1.18. The van der Waals surface area contributed by atoms with Crippen LogP contribution in [0.25, 0.3) is 0 Å². The maximum absolute atomic E-state index is 5.72. The molecule has 0 unspecified atom stereocenters. The Balaban J connectivity index is 0.00000264. The summed E-state index contributed by atoms with van der Waals surface area (Å²) in [5.74, 6) is 2.42. The molecule has 2 rings (SSSR count). The van der Waals surface area contributed by atoms with Crippen molar-refractivity contribution in [1.29, 1.82) is 0 Å². The van der Waals surface area contributed by atoms with E-state index in [0.717, 1.165) is 49.1 Å². The van der Waals surface area contributed by atoms with E-state index >= 15 is 0 Å². The van der Waals surface area contributed by atoms with E-state index in [1.165, 1.54) is 12.8 Å². The molecule has 0 atom stereocenters. The normalized spacial score (nSPS) is 13.7. The zero-order chi connectivity index (χ0) is 15.6. The standard InChI is InChI=1S/C17H27N3O2.HI/c1-3-5-6-10-19-17(18-4-2)20-14-8-9-15-16(13-14)22-12-7-11-21-15;/h8-9,13H,3-7,10-12H2,1-2H3,(H2,18,19,20);1H. The molecule has 1 aliphatic heterocycles. The van der Waals surface area contributed by atoms with Crippen LogP contribution in [0.5, 0.6) is 11.5 Å². The summed E-state index contributed by atoms with van der Waals surface area (Å²) in [7, 11) is 0. The molecule has 2 N–H and O–H groups in total. The largest absolute Gasteiger partial charge is 0.490 e. The Morgan fingerprint density at radius 2 is 1.91 bits per heavy atom. The number of benzene rings is 1. The van der Waals surface area contributed by atoms with Crippen LogP contribution in [0.2, 0.25) is 0 Å². The molecular formula is C17H28IN3O2. The molecule has 1 aliphatic rings. The summed E-state index contributed by atoms with van der Waals surface area (Å²) in [5.41, 5.74) is 0.958. The molecule has 0 aromatic heterocycles. The minimum Gasteiger partial charge on any atom is -0.490 e. The van der Waals surface area contributed by atoms with Gasteiger partial charge in [-0.1, -0.05) is 19.8 Å². The Morgan fingerprint density at radius 1 is 1.13 bits per heavy atom. The van der Waals surface area contributed by atoms with Crippen LogP contribution >= 0.6 is 24.0 Å². The molecule has 0 amide bonds. The molecule has 0 fully saturated rings. The van der Waals surface area contributed by atoms with Gasteiger partial charge >= 0.3 is 0 Å². The number of nitrogens with one attached hydrogen (secondary N) is 2. The van der Waals surface area contributed by atoms with Crippen LogP contribution in [0.1, 0.15) is 39.5 Å². The van der Waals surface area contributed by atoms with Crippen LogP contribution < -0.4 is 20.1 Å². The number of ether oxygens (including phenoxy) is 2. The summed E-state index contributed by atoms with van der Waals surface area (Å²) >= 11 is 0. The third-order valence-corrected chi connectivity index (χ3v) is 3.39. The highest BCUT2D eigenvalue weighted by molar-refractivity contribution is 14.0. The van der Waals surface area contributed by atoms with E-state index in [1.807, 2.05) is 18.2 Å². The highest BCUT2D eigenvalue weighted by Crippen LogP contribution is 2.32. The van der Waals surface area contributed by atoms with Crippen molar-refractivity contribution < 1.29 is 9.47 Å². The van der Waals surface area contributed by atoms with Crippen molar-refractivity contribution in [2.24, 2.45) is 4.99 Å². The van der Waals surface area contributed by atoms with E-state index in [0.29, 0.717) is 13.2 Å². The number of unbranched alkanes of at least 4 members (excludes halogenated alkanes) is 2. The minimum atomic E-state index is 0. The maximum atomic E-state index is 5.72. The predicted octanol–water partition coefficient (Wildman–Crippen LogP) is 4.03. The first-order chi connectivity index (χ1) is 10.8. The third-order valence-electron chi connectivity index (χ3n) is 3.39. The first-order valence-corrected chi connectivity index (χ1v) is 8.28. The molecular weight excluding hydrogens is 405 g/mol. The average molecular weight is 433 g/mol. The van der Waals surface area contributed by atoms with Gasteiger partial charge in [0.15, 0.2) is 17.5 Å². The second kappa shape index (κ2) is 11.4. The molecule has 0 spiro atoms. The predicted molar refractivity (Wildman–Crippen MR) is 107 cm³/mol. The number of anilines is 1. The van der Waals surface area contributed by atoms with Gasteiger partial charge in [0.05, 0.1) is 13.2 Å². The average Bonchev–Trinajstić information content (AvgIpc) is 2.76. The summed E-state index contributed by atoms with van der Waals surface area (Å²) in [6.07, 6.45) is 4.46. The van der Waals surface area contributed by atoms with Gasteiger partial charge in [0.1, 0.15) is 0 Å². The van der Waals surface area contributed by atoms with Gasteiger partial charge in [0.2, 0.25) is 0 Å². The van der Waals surface area contributed by atoms with Crippen LogP contribution in [-0.2, 0) is 0 Å². The molecule has 130 valence electrons. The molecule has 0 saturated carbocycles. The topological polar surface area (TPSA) is 54.9 Å². The zero-order valence-electron chi connectivity index (χ0n) is 14.1. The smallest absolute Gasteiger partial charge is 0.195 e. The van der Waals surface area contributed by atoms with Crippen molar-refractivity contribution in [3.63, 3.8) is 0 Å². The third kappa shape index (κ3) is 6.85. The fourth-order valence-electron chi connectivity index (χ4n) is 2.24. The Bertz CT molecular complexity index is 495. The summed E-state index contributed by atoms with van der Waals surface area (Å²) < 4.78 is 11.4. The van der Waals surface area contributed by atoms with E-state index in [9.17, 15) is 0 Å². The molecule has 5 nitrogen and oxygen atoms in total. The Kier molecular flexibility index (Phi) is 9.82. The van der Waals surface area contributed by atoms with E-state index < -0.39 is 0 Å². The highest BCUT2D eigenvalue weighted by Gasteiger charge is 2.11. The van der Waals surface area contributed by atoms with Crippen LogP contribution in [0.4, 0.5) is 5.69 Å². The molecule has 1 aromatic rings. The molecule has 1 heterocycles. The number of hydrogen-bond acceptors (Lipinski definition) is 3. The van der Waals surface area contributed by atoms with E-state index in [4.69, 9.17) is 9.47 Å². The van der Waals surface area contributed by atoms with Gasteiger partial charge in [-0.05, 0) is 25.5 Å². The van der Waals surface area contributed by atoms with Gasteiger partial charge in [0.25, 0.3) is 0 Å².